The van der Waals surface area contributed by atoms with Gasteiger partial charge in [-0.3, -0.25) is 9.59 Å². The number of fused-ring (bicyclic) bond motifs is 1. The molecule has 5 heteroatoms. The lowest BCUT2D eigenvalue weighted by Gasteiger charge is -2.31. The van der Waals surface area contributed by atoms with Crippen LogP contribution in [0, 0.1) is 5.92 Å². The Morgan fingerprint density at radius 3 is 2.78 bits per heavy atom. The average Bonchev–Trinajstić information content (AvgIpc) is 2.60. The van der Waals surface area contributed by atoms with Crippen molar-refractivity contribution in [3.63, 3.8) is 0 Å². The molecule has 0 unspecified atom stereocenters. The third-order valence-electron chi connectivity index (χ3n) is 4.44. The van der Waals surface area contributed by atoms with E-state index in [0.717, 1.165) is 31.4 Å². The van der Waals surface area contributed by atoms with Crippen molar-refractivity contribution in [2.45, 2.75) is 19.8 Å². The van der Waals surface area contributed by atoms with E-state index in [4.69, 9.17) is 4.74 Å². The van der Waals surface area contributed by atoms with Crippen molar-refractivity contribution in [3.8, 4) is 0 Å². The highest BCUT2D eigenvalue weighted by molar-refractivity contribution is 5.96. The van der Waals surface area contributed by atoms with Gasteiger partial charge in [-0.2, -0.15) is 0 Å². The number of piperidine rings is 1. The lowest BCUT2D eigenvalue weighted by molar-refractivity contribution is 0.0547. The Bertz CT molecular complexity index is 745. The highest BCUT2D eigenvalue weighted by atomic mass is 16.5. The van der Waals surface area contributed by atoms with Gasteiger partial charge >= 0.3 is 0 Å². The second-order valence-electron chi connectivity index (χ2n) is 5.99. The lowest BCUT2D eigenvalue weighted by Crippen LogP contribution is -2.40. The van der Waals surface area contributed by atoms with Gasteiger partial charge in [0.1, 0.15) is 5.69 Å². The fourth-order valence-electron chi connectivity index (χ4n) is 3.08. The van der Waals surface area contributed by atoms with E-state index in [1.165, 1.54) is 0 Å². The third kappa shape index (κ3) is 3.45. The van der Waals surface area contributed by atoms with Gasteiger partial charge in [-0.15, -0.1) is 0 Å². The van der Waals surface area contributed by atoms with Crippen LogP contribution in [0.15, 0.2) is 35.1 Å². The number of hydrogen-bond donors (Lipinski definition) is 1. The molecule has 0 radical (unpaired) electrons. The SMILES string of the molecule is CCOCC1CCN(C(=O)c2cc3ccccc3c(=O)[nH]2)CC1. The van der Waals surface area contributed by atoms with E-state index in [2.05, 4.69) is 4.98 Å². The molecule has 122 valence electrons. The summed E-state index contributed by atoms with van der Waals surface area (Å²) in [7, 11) is 0. The first-order valence-electron chi connectivity index (χ1n) is 8.18. The van der Waals surface area contributed by atoms with Crippen LogP contribution in [0.1, 0.15) is 30.3 Å². The molecule has 1 N–H and O–H groups in total. The van der Waals surface area contributed by atoms with E-state index >= 15 is 0 Å². The predicted octanol–water partition coefficient (Wildman–Crippen LogP) is 2.42. The van der Waals surface area contributed by atoms with Gasteiger partial charge in [0.15, 0.2) is 0 Å². The molecule has 0 saturated carbocycles. The quantitative estimate of drug-likeness (QED) is 0.942. The van der Waals surface area contributed by atoms with Crippen molar-refractivity contribution in [1.29, 1.82) is 0 Å². The molecule has 2 aromatic rings. The molecule has 2 heterocycles. The number of nitrogens with zero attached hydrogens (tertiary/aromatic N) is 1. The van der Waals surface area contributed by atoms with Crippen LogP contribution in [-0.4, -0.2) is 42.1 Å². The number of benzene rings is 1. The van der Waals surface area contributed by atoms with Crippen LogP contribution < -0.4 is 5.56 Å². The second-order valence-corrected chi connectivity index (χ2v) is 5.99. The van der Waals surface area contributed by atoms with Crippen LogP contribution in [0.4, 0.5) is 0 Å². The molecule has 1 fully saturated rings. The smallest absolute Gasteiger partial charge is 0.270 e. The minimum atomic E-state index is -0.210. The van der Waals surface area contributed by atoms with Gasteiger partial charge in [-0.25, -0.2) is 0 Å². The van der Waals surface area contributed by atoms with E-state index in [9.17, 15) is 9.59 Å². The number of amides is 1. The number of likely N-dealkylation sites (tertiary alicyclic amines) is 1. The molecule has 23 heavy (non-hydrogen) atoms. The van der Waals surface area contributed by atoms with Gasteiger partial charge in [0.25, 0.3) is 11.5 Å². The number of carbonyl (C=O) groups is 1. The first-order chi connectivity index (χ1) is 11.2. The first kappa shape index (κ1) is 15.7. The summed E-state index contributed by atoms with van der Waals surface area (Å²) in [6.45, 7) is 4.92. The molecule has 1 aromatic heterocycles. The standard InChI is InChI=1S/C18H22N2O3/c1-2-23-12-13-7-9-20(10-8-13)18(22)16-11-14-5-3-4-6-15(14)17(21)19-16/h3-6,11,13H,2,7-10,12H2,1H3,(H,19,21). The van der Waals surface area contributed by atoms with Gasteiger partial charge in [0, 0.05) is 31.7 Å². The fraction of sp³-hybridized carbons (Fsp3) is 0.444. The van der Waals surface area contributed by atoms with Gasteiger partial charge in [0.2, 0.25) is 0 Å². The molecular weight excluding hydrogens is 292 g/mol. The zero-order valence-corrected chi connectivity index (χ0v) is 13.4. The van der Waals surface area contributed by atoms with Gasteiger partial charge < -0.3 is 14.6 Å². The molecule has 1 aliphatic heterocycles. The molecule has 5 nitrogen and oxygen atoms in total. The Morgan fingerprint density at radius 2 is 2.04 bits per heavy atom. The summed E-state index contributed by atoms with van der Waals surface area (Å²) in [6, 6.07) is 9.08. The highest BCUT2D eigenvalue weighted by Gasteiger charge is 2.24. The highest BCUT2D eigenvalue weighted by Crippen LogP contribution is 2.19. The minimum absolute atomic E-state index is 0.0947. The molecule has 1 amide bonds. The summed E-state index contributed by atoms with van der Waals surface area (Å²) >= 11 is 0. The number of ether oxygens (including phenoxy) is 1. The molecule has 0 bridgehead atoms. The Kier molecular flexibility index (Phi) is 4.76. The molecule has 3 rings (SSSR count). The molecule has 1 aromatic carbocycles. The van der Waals surface area contributed by atoms with Crippen LogP contribution in [0.5, 0.6) is 0 Å². The molecule has 0 atom stereocenters. The lowest BCUT2D eigenvalue weighted by atomic mass is 9.97. The van der Waals surface area contributed by atoms with Crippen LogP contribution in [0.25, 0.3) is 10.8 Å². The summed E-state index contributed by atoms with van der Waals surface area (Å²) < 4.78 is 5.47. The molecule has 0 spiro atoms. The molecule has 0 aliphatic carbocycles. The van der Waals surface area contributed by atoms with Gasteiger partial charge in [0.05, 0.1) is 0 Å². The van der Waals surface area contributed by atoms with E-state index in [1.54, 1.807) is 12.1 Å². The largest absolute Gasteiger partial charge is 0.381 e. The predicted molar refractivity (Wildman–Crippen MR) is 89.7 cm³/mol. The summed E-state index contributed by atoms with van der Waals surface area (Å²) in [5, 5.41) is 1.41. The normalized spacial score (nSPS) is 16.0. The monoisotopic (exact) mass is 314 g/mol. The Morgan fingerprint density at radius 1 is 1.30 bits per heavy atom. The van der Waals surface area contributed by atoms with E-state index in [0.29, 0.717) is 30.1 Å². The zero-order chi connectivity index (χ0) is 16.2. The third-order valence-corrected chi connectivity index (χ3v) is 4.44. The maximum absolute atomic E-state index is 12.6. The number of H-pyrrole nitrogens is 1. The summed E-state index contributed by atoms with van der Waals surface area (Å²) in [4.78, 5) is 29.3. The van der Waals surface area contributed by atoms with E-state index < -0.39 is 0 Å². The van der Waals surface area contributed by atoms with Gasteiger partial charge in [-0.05, 0) is 43.2 Å². The van der Waals surface area contributed by atoms with Crippen molar-refractivity contribution >= 4 is 16.7 Å². The maximum Gasteiger partial charge on any atom is 0.270 e. The zero-order valence-electron chi connectivity index (χ0n) is 13.4. The fourth-order valence-corrected chi connectivity index (χ4v) is 3.08. The van der Waals surface area contributed by atoms with Crippen LogP contribution in [0.3, 0.4) is 0 Å². The Balaban J connectivity index is 1.73. The van der Waals surface area contributed by atoms with Crippen molar-refractivity contribution in [1.82, 2.24) is 9.88 Å². The Hall–Kier alpha value is -2.14. The number of hydrogen-bond acceptors (Lipinski definition) is 3. The van der Waals surface area contributed by atoms with Crippen molar-refractivity contribution in [2.75, 3.05) is 26.3 Å². The second kappa shape index (κ2) is 6.96. The van der Waals surface area contributed by atoms with E-state index in [-0.39, 0.29) is 11.5 Å². The minimum Gasteiger partial charge on any atom is -0.381 e. The molecule has 1 saturated heterocycles. The Labute approximate surface area is 135 Å². The van der Waals surface area contributed by atoms with Crippen molar-refractivity contribution in [2.24, 2.45) is 5.92 Å². The maximum atomic E-state index is 12.6. The van der Waals surface area contributed by atoms with Gasteiger partial charge in [-0.1, -0.05) is 18.2 Å². The number of nitrogens with one attached hydrogen (secondary N) is 1. The number of aromatic nitrogens is 1. The number of aromatic amines is 1. The topological polar surface area (TPSA) is 62.4 Å². The summed E-state index contributed by atoms with van der Waals surface area (Å²) in [6.07, 6.45) is 1.90. The van der Waals surface area contributed by atoms with Crippen LogP contribution in [-0.2, 0) is 4.74 Å². The van der Waals surface area contributed by atoms with Crippen molar-refractivity contribution in [3.05, 3.63) is 46.4 Å². The van der Waals surface area contributed by atoms with Crippen molar-refractivity contribution < 1.29 is 9.53 Å². The van der Waals surface area contributed by atoms with E-state index in [1.807, 2.05) is 30.0 Å². The van der Waals surface area contributed by atoms with Crippen LogP contribution in [0.2, 0.25) is 0 Å². The molecule has 1 aliphatic rings. The average molecular weight is 314 g/mol. The number of rotatable bonds is 4. The molecular formula is C18H22N2O3. The summed E-state index contributed by atoms with van der Waals surface area (Å²) in [5.74, 6) is 0.428. The summed E-state index contributed by atoms with van der Waals surface area (Å²) in [5.41, 5.74) is 0.162. The number of pyridine rings is 1. The van der Waals surface area contributed by atoms with Crippen LogP contribution >= 0.6 is 0 Å². The number of carbonyl (C=O) groups excluding carboxylic acids is 1. The first-order valence-corrected chi connectivity index (χ1v) is 8.18.